The van der Waals surface area contributed by atoms with Crippen molar-refractivity contribution in [3.05, 3.63) is 30.1 Å². The first kappa shape index (κ1) is 24.9. The van der Waals surface area contributed by atoms with Crippen molar-refractivity contribution in [2.75, 3.05) is 53.5 Å². The number of methoxy groups -OCH3 is 1. The highest BCUT2D eigenvalue weighted by atomic mass is 127. The summed E-state index contributed by atoms with van der Waals surface area (Å²) >= 11 is 0. The Morgan fingerprint density at radius 3 is 2.64 bits per heavy atom. The molecule has 1 aromatic rings. The Bertz CT molecular complexity index is 583. The lowest BCUT2D eigenvalue weighted by atomic mass is 9.97. The fourth-order valence-electron chi connectivity index (χ4n) is 3.14. The number of ether oxygens (including phenoxy) is 2. The summed E-state index contributed by atoms with van der Waals surface area (Å²) < 4.78 is 24.4. The van der Waals surface area contributed by atoms with Gasteiger partial charge in [-0.1, -0.05) is 12.1 Å². The topological polar surface area (TPSA) is 58.1 Å². The van der Waals surface area contributed by atoms with E-state index in [4.69, 9.17) is 9.47 Å². The number of nitrogens with zero attached hydrogens (tertiary/aromatic N) is 2. The van der Waals surface area contributed by atoms with Crippen LogP contribution in [0.3, 0.4) is 0 Å². The normalized spacial score (nSPS) is 16.9. The maximum absolute atomic E-state index is 13.6. The Morgan fingerprint density at radius 2 is 2.00 bits per heavy atom. The van der Waals surface area contributed by atoms with Gasteiger partial charge in [0.05, 0.1) is 13.2 Å². The van der Waals surface area contributed by atoms with Crippen LogP contribution in [0.1, 0.15) is 19.8 Å². The molecule has 1 unspecified atom stereocenters. The molecule has 1 saturated heterocycles. The molecule has 0 aliphatic carbocycles. The predicted molar refractivity (Wildman–Crippen MR) is 122 cm³/mol. The number of hydrogen-bond donors (Lipinski definition) is 2. The minimum Gasteiger partial charge on any atom is -0.486 e. The van der Waals surface area contributed by atoms with E-state index in [1.54, 1.807) is 32.4 Å². The molecular formula is C20H34FIN4O2. The Labute approximate surface area is 185 Å². The molecule has 2 N–H and O–H groups in total. The molecule has 0 spiro atoms. The van der Waals surface area contributed by atoms with Crippen LogP contribution < -0.4 is 15.4 Å². The van der Waals surface area contributed by atoms with E-state index in [2.05, 4.69) is 20.5 Å². The standard InChI is InChI=1S/C20H33FN4O2.HI/c1-16(27-19-7-5-4-6-18(19)21)14-23-20(22-2)24-15-17-8-10-25(11-9-17)12-13-26-3;/h4-7,16-17H,8-15H2,1-3H3,(H2,22,23,24);1H. The van der Waals surface area contributed by atoms with Crippen LogP contribution in [0.5, 0.6) is 5.75 Å². The smallest absolute Gasteiger partial charge is 0.191 e. The number of piperidine rings is 1. The molecule has 2 rings (SSSR count). The van der Waals surface area contributed by atoms with Crippen LogP contribution in [-0.2, 0) is 4.74 Å². The van der Waals surface area contributed by atoms with Gasteiger partial charge in [0.1, 0.15) is 6.10 Å². The van der Waals surface area contributed by atoms with Crippen LogP contribution in [0.15, 0.2) is 29.3 Å². The predicted octanol–water partition coefficient (Wildman–Crippen LogP) is 2.73. The zero-order chi connectivity index (χ0) is 19.5. The molecule has 0 bridgehead atoms. The van der Waals surface area contributed by atoms with E-state index in [-0.39, 0.29) is 41.6 Å². The zero-order valence-electron chi connectivity index (χ0n) is 17.1. The zero-order valence-corrected chi connectivity index (χ0v) is 19.4. The lowest BCUT2D eigenvalue weighted by Gasteiger charge is -2.32. The van der Waals surface area contributed by atoms with Gasteiger partial charge >= 0.3 is 0 Å². The first-order chi connectivity index (χ1) is 13.1. The number of nitrogens with one attached hydrogen (secondary N) is 2. The van der Waals surface area contributed by atoms with Crippen LogP contribution in [-0.4, -0.2) is 70.5 Å². The molecule has 1 heterocycles. The van der Waals surface area contributed by atoms with Gasteiger partial charge in [0.25, 0.3) is 0 Å². The van der Waals surface area contributed by atoms with Gasteiger partial charge in [-0.15, -0.1) is 24.0 Å². The summed E-state index contributed by atoms with van der Waals surface area (Å²) in [5.41, 5.74) is 0. The van der Waals surface area contributed by atoms with E-state index in [1.807, 2.05) is 6.92 Å². The third-order valence-corrected chi connectivity index (χ3v) is 4.82. The highest BCUT2D eigenvalue weighted by molar-refractivity contribution is 14.0. The van der Waals surface area contributed by atoms with Crippen LogP contribution >= 0.6 is 24.0 Å². The minimum atomic E-state index is -0.344. The second kappa shape index (κ2) is 13.9. The Morgan fingerprint density at radius 1 is 1.29 bits per heavy atom. The van der Waals surface area contributed by atoms with Gasteiger partial charge in [-0.3, -0.25) is 4.99 Å². The summed E-state index contributed by atoms with van der Waals surface area (Å²) in [5.74, 6) is 1.33. The van der Waals surface area contributed by atoms with Crippen molar-refractivity contribution in [2.24, 2.45) is 10.9 Å². The fourth-order valence-corrected chi connectivity index (χ4v) is 3.14. The first-order valence-corrected chi connectivity index (χ1v) is 9.69. The number of likely N-dealkylation sites (tertiary alicyclic amines) is 1. The van der Waals surface area contributed by atoms with Crippen LogP contribution in [0.4, 0.5) is 4.39 Å². The van der Waals surface area contributed by atoms with E-state index in [0.29, 0.717) is 12.5 Å². The lowest BCUT2D eigenvalue weighted by Crippen LogP contribution is -2.45. The Hall–Kier alpha value is -1.13. The van der Waals surface area contributed by atoms with Gasteiger partial charge < -0.3 is 25.0 Å². The molecule has 28 heavy (non-hydrogen) atoms. The van der Waals surface area contributed by atoms with Gasteiger partial charge in [-0.25, -0.2) is 4.39 Å². The molecule has 1 atom stereocenters. The molecule has 1 fully saturated rings. The van der Waals surface area contributed by atoms with Crippen molar-refractivity contribution < 1.29 is 13.9 Å². The quantitative estimate of drug-likeness (QED) is 0.305. The summed E-state index contributed by atoms with van der Waals surface area (Å²) in [6.45, 7) is 7.41. The summed E-state index contributed by atoms with van der Waals surface area (Å²) in [4.78, 5) is 6.72. The molecule has 1 aliphatic rings. The van der Waals surface area contributed by atoms with E-state index in [9.17, 15) is 4.39 Å². The van der Waals surface area contributed by atoms with Crippen molar-refractivity contribution in [3.8, 4) is 5.75 Å². The molecule has 6 nitrogen and oxygen atoms in total. The van der Waals surface area contributed by atoms with Gasteiger partial charge in [-0.2, -0.15) is 0 Å². The number of benzene rings is 1. The van der Waals surface area contributed by atoms with Crippen molar-refractivity contribution in [2.45, 2.75) is 25.9 Å². The minimum absolute atomic E-state index is 0. The summed E-state index contributed by atoms with van der Waals surface area (Å²) in [7, 11) is 3.50. The molecule has 160 valence electrons. The third kappa shape index (κ3) is 8.91. The van der Waals surface area contributed by atoms with Crippen molar-refractivity contribution in [3.63, 3.8) is 0 Å². The van der Waals surface area contributed by atoms with Gasteiger partial charge in [0.2, 0.25) is 0 Å². The molecule has 0 saturated carbocycles. The summed E-state index contributed by atoms with van der Waals surface area (Å²) in [6.07, 6.45) is 2.19. The number of halogens is 2. The van der Waals surface area contributed by atoms with Crippen molar-refractivity contribution in [1.82, 2.24) is 15.5 Å². The van der Waals surface area contributed by atoms with Crippen LogP contribution in [0.25, 0.3) is 0 Å². The SMILES string of the molecule is CN=C(NCC1CCN(CCOC)CC1)NCC(C)Oc1ccccc1F.I. The van der Waals surface area contributed by atoms with E-state index in [0.717, 1.165) is 38.7 Å². The van der Waals surface area contributed by atoms with Gasteiger partial charge in [0, 0.05) is 27.2 Å². The summed E-state index contributed by atoms with van der Waals surface area (Å²) in [5, 5.41) is 6.64. The van der Waals surface area contributed by atoms with E-state index in [1.165, 1.54) is 18.9 Å². The largest absolute Gasteiger partial charge is 0.486 e. The first-order valence-electron chi connectivity index (χ1n) is 9.69. The average molecular weight is 508 g/mol. The highest BCUT2D eigenvalue weighted by Crippen LogP contribution is 2.17. The van der Waals surface area contributed by atoms with E-state index >= 15 is 0 Å². The number of aliphatic imine (C=N–C) groups is 1. The van der Waals surface area contributed by atoms with Gasteiger partial charge in [0.15, 0.2) is 17.5 Å². The Kier molecular flexibility index (Phi) is 12.4. The van der Waals surface area contributed by atoms with Crippen molar-refractivity contribution in [1.29, 1.82) is 0 Å². The average Bonchev–Trinajstić information content (AvgIpc) is 2.69. The molecule has 0 amide bonds. The molecule has 8 heteroatoms. The fraction of sp³-hybridized carbons (Fsp3) is 0.650. The molecule has 0 radical (unpaired) electrons. The maximum Gasteiger partial charge on any atom is 0.191 e. The van der Waals surface area contributed by atoms with Crippen LogP contribution in [0.2, 0.25) is 0 Å². The highest BCUT2D eigenvalue weighted by Gasteiger charge is 2.19. The second-order valence-electron chi connectivity index (χ2n) is 6.97. The molecule has 0 aromatic heterocycles. The number of guanidine groups is 1. The molecule has 1 aliphatic heterocycles. The number of rotatable bonds is 9. The second-order valence-corrected chi connectivity index (χ2v) is 6.97. The van der Waals surface area contributed by atoms with E-state index < -0.39 is 0 Å². The monoisotopic (exact) mass is 508 g/mol. The van der Waals surface area contributed by atoms with Gasteiger partial charge in [-0.05, 0) is 50.9 Å². The third-order valence-electron chi connectivity index (χ3n) is 4.82. The summed E-state index contributed by atoms with van der Waals surface area (Å²) in [6, 6.07) is 6.45. The molecule has 1 aromatic carbocycles. The lowest BCUT2D eigenvalue weighted by molar-refractivity contribution is 0.121. The van der Waals surface area contributed by atoms with Crippen LogP contribution in [0, 0.1) is 11.7 Å². The van der Waals surface area contributed by atoms with Crippen molar-refractivity contribution >= 4 is 29.9 Å². The number of hydrogen-bond acceptors (Lipinski definition) is 4. The number of para-hydroxylation sites is 1. The molecular weight excluding hydrogens is 474 g/mol. The maximum atomic E-state index is 13.6. The Balaban J connectivity index is 0.00000392.